The summed E-state index contributed by atoms with van der Waals surface area (Å²) in [5.41, 5.74) is 1.23. The van der Waals surface area contributed by atoms with Crippen LogP contribution in [-0.4, -0.2) is 40.2 Å². The van der Waals surface area contributed by atoms with Gasteiger partial charge < -0.3 is 19.5 Å². The van der Waals surface area contributed by atoms with Crippen LogP contribution in [0.3, 0.4) is 0 Å². The predicted molar refractivity (Wildman–Crippen MR) is 70.7 cm³/mol. The summed E-state index contributed by atoms with van der Waals surface area (Å²) in [6, 6.07) is 7.38. The maximum absolute atomic E-state index is 10.7. The molecule has 2 aromatic rings. The molecule has 0 fully saturated rings. The third-order valence-corrected chi connectivity index (χ3v) is 2.74. The average Bonchev–Trinajstić information content (AvgIpc) is 2.81. The van der Waals surface area contributed by atoms with Gasteiger partial charge in [-0.3, -0.25) is 9.59 Å². The summed E-state index contributed by atoms with van der Waals surface area (Å²) in [6.45, 7) is 0.296. The lowest BCUT2D eigenvalue weighted by Crippen LogP contribution is -2.29. The van der Waals surface area contributed by atoms with E-state index < -0.39 is 11.9 Å². The number of rotatable bonds is 7. The second-order valence-electron chi connectivity index (χ2n) is 4.24. The van der Waals surface area contributed by atoms with E-state index in [2.05, 4.69) is 4.98 Å². The Hall–Kier alpha value is -2.57. The number of aromatic nitrogens is 1. The number of carboxylic acid groups (broad SMARTS) is 2. The van der Waals surface area contributed by atoms with Crippen LogP contribution in [0.15, 0.2) is 28.7 Å². The van der Waals surface area contributed by atoms with Crippen LogP contribution < -0.4 is 4.90 Å². The van der Waals surface area contributed by atoms with Gasteiger partial charge in [0.05, 0.1) is 12.8 Å². The Labute approximate surface area is 114 Å². The quantitative estimate of drug-likeness (QED) is 0.792. The van der Waals surface area contributed by atoms with Crippen molar-refractivity contribution in [2.24, 2.45) is 0 Å². The molecule has 0 bridgehead atoms. The van der Waals surface area contributed by atoms with Crippen LogP contribution in [0.25, 0.3) is 11.1 Å². The second kappa shape index (κ2) is 6.05. The highest BCUT2D eigenvalue weighted by molar-refractivity contribution is 5.74. The van der Waals surface area contributed by atoms with Crippen molar-refractivity contribution in [3.05, 3.63) is 24.3 Å². The predicted octanol–water partition coefficient (Wildman–Crippen LogP) is 1.58. The van der Waals surface area contributed by atoms with Crippen LogP contribution in [0.2, 0.25) is 0 Å². The summed E-state index contributed by atoms with van der Waals surface area (Å²) in [5.74, 6) is -1.91. The molecule has 7 heteroatoms. The van der Waals surface area contributed by atoms with Gasteiger partial charge in [-0.05, 0) is 12.1 Å². The highest BCUT2D eigenvalue weighted by Gasteiger charge is 2.16. The minimum Gasteiger partial charge on any atom is -0.481 e. The number of oxazole rings is 1. The first kappa shape index (κ1) is 13.9. The third-order valence-electron chi connectivity index (χ3n) is 2.74. The number of anilines is 1. The van der Waals surface area contributed by atoms with Crippen molar-refractivity contribution in [1.82, 2.24) is 4.98 Å². The minimum absolute atomic E-state index is 0.113. The number of carboxylic acids is 2. The maximum Gasteiger partial charge on any atom is 0.305 e. The van der Waals surface area contributed by atoms with Crippen LogP contribution in [0, 0.1) is 0 Å². The van der Waals surface area contributed by atoms with Crippen LogP contribution >= 0.6 is 0 Å². The van der Waals surface area contributed by atoms with E-state index in [0.717, 1.165) is 0 Å². The molecule has 0 aliphatic heterocycles. The lowest BCUT2D eigenvalue weighted by atomic mass is 10.3. The number of hydrogen-bond donors (Lipinski definition) is 2. The highest BCUT2D eigenvalue weighted by Crippen LogP contribution is 2.21. The second-order valence-corrected chi connectivity index (χ2v) is 4.24. The number of carbonyl (C=O) groups is 2. The van der Waals surface area contributed by atoms with Crippen molar-refractivity contribution in [3.63, 3.8) is 0 Å². The van der Waals surface area contributed by atoms with Gasteiger partial charge in [0.1, 0.15) is 5.52 Å². The first-order valence-electron chi connectivity index (χ1n) is 6.10. The summed E-state index contributed by atoms with van der Waals surface area (Å²) in [5, 5.41) is 17.5. The van der Waals surface area contributed by atoms with E-state index in [4.69, 9.17) is 14.6 Å². The van der Waals surface area contributed by atoms with Crippen molar-refractivity contribution >= 4 is 29.1 Å². The number of nitrogens with zero attached hydrogens (tertiary/aromatic N) is 2. The standard InChI is InChI=1S/C13H14N2O5/c16-11(17)5-7-15(8-6-12(18)19)13-14-9-3-1-2-4-10(9)20-13/h1-4H,5-8H2,(H,16,17)(H,18,19). The van der Waals surface area contributed by atoms with E-state index in [-0.39, 0.29) is 31.9 Å². The van der Waals surface area contributed by atoms with E-state index in [0.29, 0.717) is 11.1 Å². The Morgan fingerprint density at radius 1 is 1.10 bits per heavy atom. The number of benzene rings is 1. The molecule has 0 amide bonds. The molecule has 2 rings (SSSR count). The minimum atomic E-state index is -0.957. The highest BCUT2D eigenvalue weighted by atomic mass is 16.4. The van der Waals surface area contributed by atoms with Gasteiger partial charge in [-0.25, -0.2) is 0 Å². The van der Waals surface area contributed by atoms with Crippen molar-refractivity contribution < 1.29 is 24.2 Å². The summed E-state index contributed by atoms with van der Waals surface area (Å²) < 4.78 is 5.52. The molecule has 106 valence electrons. The van der Waals surface area contributed by atoms with Gasteiger partial charge in [0.15, 0.2) is 5.58 Å². The molecule has 7 nitrogen and oxygen atoms in total. The molecule has 2 N–H and O–H groups in total. The molecule has 0 radical (unpaired) electrons. The molecule has 1 aromatic heterocycles. The largest absolute Gasteiger partial charge is 0.481 e. The van der Waals surface area contributed by atoms with Gasteiger partial charge in [-0.2, -0.15) is 4.98 Å². The van der Waals surface area contributed by atoms with Gasteiger partial charge >= 0.3 is 11.9 Å². The zero-order valence-electron chi connectivity index (χ0n) is 10.7. The molecule has 0 saturated carbocycles. The SMILES string of the molecule is O=C(O)CCN(CCC(=O)O)c1nc2ccccc2o1. The molecular formula is C13H14N2O5. The monoisotopic (exact) mass is 278 g/mol. The van der Waals surface area contributed by atoms with Crippen LogP contribution in [0.5, 0.6) is 0 Å². The fraction of sp³-hybridized carbons (Fsp3) is 0.308. The molecular weight excluding hydrogens is 264 g/mol. The van der Waals surface area contributed by atoms with Crippen LogP contribution in [-0.2, 0) is 9.59 Å². The fourth-order valence-corrected chi connectivity index (χ4v) is 1.76. The smallest absolute Gasteiger partial charge is 0.305 e. The first-order chi connectivity index (χ1) is 9.56. The third kappa shape index (κ3) is 3.47. The van der Waals surface area contributed by atoms with E-state index in [9.17, 15) is 9.59 Å². The van der Waals surface area contributed by atoms with E-state index in [1.165, 1.54) is 4.90 Å². The van der Waals surface area contributed by atoms with Gasteiger partial charge in [0.25, 0.3) is 6.01 Å². The topological polar surface area (TPSA) is 104 Å². The molecule has 0 saturated heterocycles. The Balaban J connectivity index is 2.19. The van der Waals surface area contributed by atoms with Gasteiger partial charge in [-0.15, -0.1) is 0 Å². The first-order valence-corrected chi connectivity index (χ1v) is 6.10. The lowest BCUT2D eigenvalue weighted by Gasteiger charge is -2.18. The van der Waals surface area contributed by atoms with Gasteiger partial charge in [0, 0.05) is 13.1 Å². The summed E-state index contributed by atoms with van der Waals surface area (Å²) in [7, 11) is 0. The van der Waals surface area contributed by atoms with Crippen molar-refractivity contribution in [1.29, 1.82) is 0 Å². The van der Waals surface area contributed by atoms with Crippen molar-refractivity contribution in [3.8, 4) is 0 Å². The number of aliphatic carboxylic acids is 2. The number of hydrogen-bond acceptors (Lipinski definition) is 5. The Bertz CT molecular complexity index is 571. The normalized spacial score (nSPS) is 10.6. The fourth-order valence-electron chi connectivity index (χ4n) is 1.76. The molecule has 0 aliphatic rings. The Morgan fingerprint density at radius 3 is 2.25 bits per heavy atom. The molecule has 20 heavy (non-hydrogen) atoms. The summed E-state index contributed by atoms with van der Waals surface area (Å²) in [6.07, 6.45) is -0.226. The van der Waals surface area contributed by atoms with Crippen molar-refractivity contribution in [2.45, 2.75) is 12.8 Å². The summed E-state index contributed by atoms with van der Waals surface area (Å²) in [4.78, 5) is 27.1. The molecule has 1 aromatic carbocycles. The number of para-hydroxylation sites is 2. The van der Waals surface area contributed by atoms with E-state index in [1.807, 2.05) is 6.07 Å². The molecule has 0 aliphatic carbocycles. The molecule has 0 unspecified atom stereocenters. The van der Waals surface area contributed by atoms with E-state index in [1.54, 1.807) is 18.2 Å². The molecule has 1 heterocycles. The lowest BCUT2D eigenvalue weighted by molar-refractivity contribution is -0.137. The Kier molecular flexibility index (Phi) is 4.19. The summed E-state index contributed by atoms with van der Waals surface area (Å²) >= 11 is 0. The van der Waals surface area contributed by atoms with Crippen LogP contribution in [0.1, 0.15) is 12.8 Å². The molecule has 0 spiro atoms. The van der Waals surface area contributed by atoms with Crippen LogP contribution in [0.4, 0.5) is 6.01 Å². The average molecular weight is 278 g/mol. The maximum atomic E-state index is 10.7. The zero-order valence-corrected chi connectivity index (χ0v) is 10.7. The Morgan fingerprint density at radius 2 is 1.70 bits per heavy atom. The van der Waals surface area contributed by atoms with E-state index >= 15 is 0 Å². The van der Waals surface area contributed by atoms with Gasteiger partial charge in [-0.1, -0.05) is 12.1 Å². The number of fused-ring (bicyclic) bond motifs is 1. The zero-order chi connectivity index (χ0) is 14.5. The van der Waals surface area contributed by atoms with Gasteiger partial charge in [0.2, 0.25) is 0 Å². The molecule has 0 atom stereocenters. The van der Waals surface area contributed by atoms with Crippen molar-refractivity contribution in [2.75, 3.05) is 18.0 Å².